The lowest BCUT2D eigenvalue weighted by Crippen LogP contribution is -2.51. The molecule has 0 heterocycles. The summed E-state index contributed by atoms with van der Waals surface area (Å²) < 4.78 is 108. The first-order valence-corrected chi connectivity index (χ1v) is 27.1. The van der Waals surface area contributed by atoms with Gasteiger partial charge in [-0.2, -0.15) is 17.6 Å². The molecule has 8 nitrogen and oxygen atoms in total. The van der Waals surface area contributed by atoms with E-state index in [9.17, 15) is 43.5 Å². The molecule has 366 valence electrons. The molecule has 0 aromatic heterocycles. The smallest absolute Gasteiger partial charge is 0.409 e. The van der Waals surface area contributed by atoms with Crippen LogP contribution < -0.4 is 0 Å². The molecular weight excluding hydrogens is 817 g/mol. The van der Waals surface area contributed by atoms with E-state index in [1.165, 1.54) is 241 Å². The van der Waals surface area contributed by atoms with E-state index in [-0.39, 0.29) is 0 Å². The number of unbranched alkanes of at least 4 members (excludes halogenated alkanes) is 28. The highest BCUT2D eigenvalue weighted by Crippen LogP contribution is 2.41. The van der Waals surface area contributed by atoms with Crippen molar-refractivity contribution in [1.29, 1.82) is 0 Å². The zero-order valence-electron chi connectivity index (χ0n) is 40.1. The van der Waals surface area contributed by atoms with Crippen molar-refractivity contribution in [1.82, 2.24) is 0 Å². The average Bonchev–Trinajstić information content (AvgIpc) is 3.15. The van der Waals surface area contributed by atoms with E-state index in [0.717, 1.165) is 0 Å². The van der Waals surface area contributed by atoms with Crippen LogP contribution in [0.1, 0.15) is 233 Å². The minimum Gasteiger partial charge on any atom is -0.743 e. The van der Waals surface area contributed by atoms with Crippen molar-refractivity contribution in [2.45, 2.75) is 244 Å². The molecule has 0 bridgehead atoms. The standard InChI is InChI=1S/2C22H48N.C2H2F4O6S2/c2*1-5-7-9-11-13-15-17-19-21-23(3,4)22-20-18-16-14-12-10-8-6-2;3-1(4,13(7,8)9)2(5,6)14(10,11)12/h2*5-22H2,1-4H3;(H,7,8,9)(H,10,11,12)/q2*+1;/p-2. The molecule has 0 atom stereocenters. The fourth-order valence-electron chi connectivity index (χ4n) is 7.21. The van der Waals surface area contributed by atoms with Gasteiger partial charge in [-0.25, -0.2) is 16.8 Å². The van der Waals surface area contributed by atoms with E-state index in [0.29, 0.717) is 0 Å². The molecule has 0 saturated heterocycles. The number of quaternary nitrogens is 2. The summed E-state index contributed by atoms with van der Waals surface area (Å²) in [6.45, 7) is 14.7. The minimum atomic E-state index is -6.96. The predicted octanol–water partition coefficient (Wildman–Crippen LogP) is 14.0. The molecule has 0 saturated carbocycles. The fourth-order valence-corrected chi connectivity index (χ4v) is 8.40. The van der Waals surface area contributed by atoms with Gasteiger partial charge < -0.3 is 18.1 Å². The Labute approximate surface area is 369 Å². The third kappa shape index (κ3) is 36.9. The van der Waals surface area contributed by atoms with Crippen molar-refractivity contribution in [2.24, 2.45) is 0 Å². The van der Waals surface area contributed by atoms with Gasteiger partial charge in [0.1, 0.15) is 0 Å². The molecule has 0 amide bonds. The Kier molecular flexibility index (Phi) is 40.2. The fraction of sp³-hybridized carbons (Fsp3) is 1.00. The van der Waals surface area contributed by atoms with Gasteiger partial charge in [-0.1, -0.05) is 182 Å². The maximum Gasteiger partial charge on any atom is 0.409 e. The van der Waals surface area contributed by atoms with E-state index in [4.69, 9.17) is 0 Å². The van der Waals surface area contributed by atoms with Crippen molar-refractivity contribution in [2.75, 3.05) is 54.4 Å². The van der Waals surface area contributed by atoms with Gasteiger partial charge in [-0.05, 0) is 51.4 Å². The second-order valence-corrected chi connectivity index (χ2v) is 21.4. The first-order chi connectivity index (χ1) is 28.0. The first-order valence-electron chi connectivity index (χ1n) is 24.3. The highest BCUT2D eigenvalue weighted by molar-refractivity contribution is 7.91. The Morgan fingerprint density at radius 3 is 0.583 bits per heavy atom. The summed E-state index contributed by atoms with van der Waals surface area (Å²) in [7, 11) is -4.18. The van der Waals surface area contributed by atoms with Crippen LogP contribution in [0.5, 0.6) is 0 Å². The van der Waals surface area contributed by atoms with Crippen LogP contribution in [0.4, 0.5) is 17.6 Å². The Balaban J connectivity index is -0.000000839. The SMILES string of the molecule is CCCCCCCCCC[N+](C)(C)CCCCCCCCCC.CCCCCCCCCC[N+](C)(C)CCCCCCCCCC.O=S(=O)([O-])C(F)(F)C(F)(F)S(=O)(=O)[O-]. The van der Waals surface area contributed by atoms with Gasteiger partial charge in [0.2, 0.25) is 0 Å². The number of halogens is 4. The molecule has 14 heteroatoms. The zero-order valence-corrected chi connectivity index (χ0v) is 41.8. The molecule has 0 aromatic rings. The Morgan fingerprint density at radius 1 is 0.317 bits per heavy atom. The Bertz CT molecular complexity index is 1040. The second-order valence-electron chi connectivity index (χ2n) is 18.6. The van der Waals surface area contributed by atoms with Gasteiger partial charge in [0, 0.05) is 0 Å². The molecule has 0 aromatic carbocycles. The van der Waals surface area contributed by atoms with Crippen molar-refractivity contribution in [3.8, 4) is 0 Å². The molecule has 0 aliphatic heterocycles. The molecule has 0 unspecified atom stereocenters. The lowest BCUT2D eigenvalue weighted by Gasteiger charge is -2.30. The molecule has 0 aliphatic carbocycles. The Morgan fingerprint density at radius 2 is 0.450 bits per heavy atom. The summed E-state index contributed by atoms with van der Waals surface area (Å²) in [6, 6.07) is 0. The van der Waals surface area contributed by atoms with E-state index in [1.807, 2.05) is 0 Å². The van der Waals surface area contributed by atoms with E-state index < -0.39 is 30.7 Å². The number of rotatable bonds is 39. The summed E-state index contributed by atoms with van der Waals surface area (Å²) in [5.74, 6) is 0. The molecule has 0 radical (unpaired) electrons. The highest BCUT2D eigenvalue weighted by Gasteiger charge is 2.66. The summed E-state index contributed by atoms with van der Waals surface area (Å²) in [5.41, 5.74) is 0. The molecule has 0 rings (SSSR count). The largest absolute Gasteiger partial charge is 0.743 e. The second kappa shape index (κ2) is 37.8. The van der Waals surface area contributed by atoms with Gasteiger partial charge in [0.25, 0.3) is 0 Å². The van der Waals surface area contributed by atoms with Crippen LogP contribution in [-0.4, -0.2) is 99.8 Å². The monoisotopic (exact) mass is 913 g/mol. The third-order valence-corrected chi connectivity index (χ3v) is 13.3. The summed E-state index contributed by atoms with van der Waals surface area (Å²) >= 11 is 0. The number of nitrogens with zero attached hydrogens (tertiary/aromatic N) is 2. The predicted molar refractivity (Wildman–Crippen MR) is 243 cm³/mol. The molecule has 0 spiro atoms. The van der Waals surface area contributed by atoms with E-state index >= 15 is 0 Å². The minimum absolute atomic E-state index is 1.24. The lowest BCUT2D eigenvalue weighted by atomic mass is 10.1. The van der Waals surface area contributed by atoms with Crippen LogP contribution in [-0.2, 0) is 20.2 Å². The summed E-state index contributed by atoms with van der Waals surface area (Å²) in [5, 5.41) is -13.0. The topological polar surface area (TPSA) is 114 Å². The molecule has 0 fully saturated rings. The first kappa shape index (κ1) is 63.7. The summed E-state index contributed by atoms with van der Waals surface area (Å²) in [6.07, 6.45) is 46.1. The van der Waals surface area contributed by atoms with Crippen LogP contribution in [0.25, 0.3) is 0 Å². The molecule has 60 heavy (non-hydrogen) atoms. The lowest BCUT2D eigenvalue weighted by molar-refractivity contribution is -0.890. The third-order valence-electron chi connectivity index (χ3n) is 11.4. The van der Waals surface area contributed by atoms with Gasteiger partial charge in [0.15, 0.2) is 20.2 Å². The quantitative estimate of drug-likeness (QED) is 0.0263. The molecule has 0 N–H and O–H groups in total. The number of hydrogen-bond acceptors (Lipinski definition) is 6. The van der Waals surface area contributed by atoms with Crippen LogP contribution >= 0.6 is 0 Å². The van der Waals surface area contributed by atoms with Gasteiger partial charge in [-0.3, -0.25) is 0 Å². The van der Waals surface area contributed by atoms with Crippen molar-refractivity contribution < 1.29 is 52.5 Å². The van der Waals surface area contributed by atoms with E-state index in [1.54, 1.807) is 0 Å². The van der Waals surface area contributed by atoms with Gasteiger partial charge in [0.05, 0.1) is 54.4 Å². The Hall–Kier alpha value is -0.540. The van der Waals surface area contributed by atoms with Crippen LogP contribution in [0, 0.1) is 0 Å². The van der Waals surface area contributed by atoms with Crippen LogP contribution in [0.15, 0.2) is 0 Å². The summed E-state index contributed by atoms with van der Waals surface area (Å²) in [4.78, 5) is 0. The van der Waals surface area contributed by atoms with Crippen LogP contribution in [0.3, 0.4) is 0 Å². The van der Waals surface area contributed by atoms with Crippen LogP contribution in [0.2, 0.25) is 0 Å². The molecule has 0 aliphatic rings. The number of alkyl halides is 4. The highest BCUT2D eigenvalue weighted by atomic mass is 32.2. The maximum absolute atomic E-state index is 12.0. The normalized spacial score (nSPS) is 12.8. The maximum atomic E-state index is 12.0. The average molecular weight is 913 g/mol. The van der Waals surface area contributed by atoms with Gasteiger partial charge in [-0.15, -0.1) is 0 Å². The van der Waals surface area contributed by atoms with Crippen molar-refractivity contribution in [3.63, 3.8) is 0 Å². The zero-order chi connectivity index (χ0) is 46.5. The van der Waals surface area contributed by atoms with E-state index in [2.05, 4.69) is 55.9 Å². The van der Waals surface area contributed by atoms with Gasteiger partial charge >= 0.3 is 10.5 Å². The van der Waals surface area contributed by atoms with Crippen molar-refractivity contribution in [3.05, 3.63) is 0 Å². The number of hydrogen-bond donors (Lipinski definition) is 0. The van der Waals surface area contributed by atoms with Crippen molar-refractivity contribution >= 4 is 20.2 Å². The molecular formula is C46H96F4N2O6S2.